The van der Waals surface area contributed by atoms with Gasteiger partial charge in [-0.15, -0.1) is 0 Å². The van der Waals surface area contributed by atoms with E-state index in [1.807, 2.05) is 54.0 Å². The molecule has 0 fully saturated rings. The fourth-order valence-corrected chi connectivity index (χ4v) is 3.73. The molecule has 0 aliphatic rings. The summed E-state index contributed by atoms with van der Waals surface area (Å²) in [5.74, 6) is -0.178. The second-order valence-electron chi connectivity index (χ2n) is 7.04. The van der Waals surface area contributed by atoms with E-state index in [0.29, 0.717) is 17.4 Å². The molecule has 0 N–H and O–H groups in total. The number of nitrogens with zero attached hydrogens (tertiary/aromatic N) is 3. The van der Waals surface area contributed by atoms with Gasteiger partial charge in [-0.25, -0.2) is 9.37 Å². The summed E-state index contributed by atoms with van der Waals surface area (Å²) in [6, 6.07) is 21.4. The van der Waals surface area contributed by atoms with E-state index >= 15 is 0 Å². The molecule has 0 atom stereocenters. The van der Waals surface area contributed by atoms with E-state index in [9.17, 15) is 9.18 Å². The summed E-state index contributed by atoms with van der Waals surface area (Å²) in [7, 11) is 0. The van der Waals surface area contributed by atoms with Crippen LogP contribution in [0.4, 0.5) is 4.39 Å². The maximum Gasteiger partial charge on any atom is 0.257 e. The lowest BCUT2D eigenvalue weighted by atomic mass is 10.1. The zero-order valence-electron chi connectivity index (χ0n) is 16.6. The van der Waals surface area contributed by atoms with Gasteiger partial charge >= 0.3 is 0 Å². The van der Waals surface area contributed by atoms with E-state index in [4.69, 9.17) is 16.6 Å². The van der Waals surface area contributed by atoms with E-state index in [2.05, 4.69) is 0 Å². The van der Waals surface area contributed by atoms with Crippen LogP contribution < -0.4 is 0 Å². The number of benzene rings is 3. The third-order valence-electron chi connectivity index (χ3n) is 4.92. The van der Waals surface area contributed by atoms with Crippen LogP contribution in [0.1, 0.15) is 29.5 Å². The topological polar surface area (TPSA) is 38.1 Å². The Morgan fingerprint density at radius 3 is 2.53 bits per heavy atom. The highest BCUT2D eigenvalue weighted by molar-refractivity contribution is 6.31. The Morgan fingerprint density at radius 1 is 1.07 bits per heavy atom. The molecular formula is C24H21ClFN3O. The number of fused-ring (bicyclic) bond motifs is 1. The summed E-state index contributed by atoms with van der Waals surface area (Å²) in [6.07, 6.45) is 0.748. The second kappa shape index (κ2) is 8.67. The standard InChI is InChI=1S/C24H21ClFN3O/c1-2-14-28(24(30)19-10-6-7-11-20(19)26)16-23-27-21-13-12-17(25)15-22(21)29(23)18-8-4-3-5-9-18/h3-13,15H,2,14,16H2,1H3. The van der Waals surface area contributed by atoms with Crippen molar-refractivity contribution >= 4 is 28.5 Å². The summed E-state index contributed by atoms with van der Waals surface area (Å²) >= 11 is 6.24. The maximum atomic E-state index is 14.3. The predicted molar refractivity (Wildman–Crippen MR) is 118 cm³/mol. The SMILES string of the molecule is CCCN(Cc1nc2ccc(Cl)cc2n1-c1ccccc1)C(=O)c1ccccc1F. The fraction of sp³-hybridized carbons (Fsp3) is 0.167. The van der Waals surface area contributed by atoms with Crippen molar-refractivity contribution in [3.05, 3.63) is 95.0 Å². The first-order chi connectivity index (χ1) is 14.6. The van der Waals surface area contributed by atoms with Gasteiger partial charge in [0.1, 0.15) is 11.6 Å². The van der Waals surface area contributed by atoms with Gasteiger partial charge in [0.25, 0.3) is 5.91 Å². The van der Waals surface area contributed by atoms with Gasteiger partial charge in [-0.2, -0.15) is 0 Å². The van der Waals surface area contributed by atoms with Crippen molar-refractivity contribution in [2.75, 3.05) is 6.54 Å². The van der Waals surface area contributed by atoms with Crippen molar-refractivity contribution in [2.45, 2.75) is 19.9 Å². The Morgan fingerprint density at radius 2 is 1.80 bits per heavy atom. The minimum atomic E-state index is -0.521. The van der Waals surface area contributed by atoms with E-state index in [1.54, 1.807) is 23.1 Å². The van der Waals surface area contributed by atoms with Crippen LogP contribution in [0.5, 0.6) is 0 Å². The van der Waals surface area contributed by atoms with E-state index < -0.39 is 5.82 Å². The monoisotopic (exact) mass is 421 g/mol. The molecule has 0 aliphatic heterocycles. The van der Waals surface area contributed by atoms with Gasteiger partial charge in [0.15, 0.2) is 0 Å². The summed E-state index contributed by atoms with van der Waals surface area (Å²) in [4.78, 5) is 19.5. The van der Waals surface area contributed by atoms with Crippen LogP contribution in [0.25, 0.3) is 16.7 Å². The molecule has 30 heavy (non-hydrogen) atoms. The molecular weight excluding hydrogens is 401 g/mol. The number of halogens is 2. The van der Waals surface area contributed by atoms with Crippen LogP contribution in [-0.4, -0.2) is 26.9 Å². The fourth-order valence-electron chi connectivity index (χ4n) is 3.57. The Hall–Kier alpha value is -3.18. The Bertz CT molecular complexity index is 1190. The number of imidazole rings is 1. The molecule has 152 valence electrons. The number of aromatic nitrogens is 2. The molecule has 1 aromatic heterocycles. The molecule has 1 heterocycles. The van der Waals surface area contributed by atoms with Crippen molar-refractivity contribution in [3.63, 3.8) is 0 Å². The van der Waals surface area contributed by atoms with Gasteiger partial charge in [-0.1, -0.05) is 48.9 Å². The summed E-state index contributed by atoms with van der Waals surface area (Å²) in [5, 5.41) is 0.610. The lowest BCUT2D eigenvalue weighted by molar-refractivity contribution is 0.0733. The summed E-state index contributed by atoms with van der Waals surface area (Å²) < 4.78 is 16.3. The first kappa shape index (κ1) is 20.1. The first-order valence-electron chi connectivity index (χ1n) is 9.84. The Labute approximate surface area is 179 Å². The molecule has 0 saturated heterocycles. The van der Waals surface area contributed by atoms with Gasteiger partial charge in [0.2, 0.25) is 0 Å². The zero-order chi connectivity index (χ0) is 21.1. The molecule has 4 rings (SSSR count). The number of hydrogen-bond acceptors (Lipinski definition) is 2. The highest BCUT2D eigenvalue weighted by Crippen LogP contribution is 2.26. The third-order valence-corrected chi connectivity index (χ3v) is 5.15. The smallest absolute Gasteiger partial charge is 0.257 e. The minimum Gasteiger partial charge on any atom is -0.331 e. The number of rotatable bonds is 6. The molecule has 4 nitrogen and oxygen atoms in total. The van der Waals surface area contributed by atoms with Gasteiger partial charge in [-0.3, -0.25) is 9.36 Å². The van der Waals surface area contributed by atoms with Crippen molar-refractivity contribution in [1.82, 2.24) is 14.5 Å². The molecule has 0 bridgehead atoms. The highest BCUT2D eigenvalue weighted by atomic mass is 35.5. The molecule has 0 saturated carbocycles. The van der Waals surface area contributed by atoms with Crippen LogP contribution >= 0.6 is 11.6 Å². The second-order valence-corrected chi connectivity index (χ2v) is 7.48. The quantitative estimate of drug-likeness (QED) is 0.390. The van der Waals surface area contributed by atoms with E-state index in [-0.39, 0.29) is 18.0 Å². The Kier molecular flexibility index (Phi) is 5.81. The Balaban J connectivity index is 1.80. The van der Waals surface area contributed by atoms with Crippen LogP contribution in [-0.2, 0) is 6.54 Å². The van der Waals surface area contributed by atoms with Crippen molar-refractivity contribution in [3.8, 4) is 5.69 Å². The van der Waals surface area contributed by atoms with Crippen molar-refractivity contribution in [2.24, 2.45) is 0 Å². The average Bonchev–Trinajstić information content (AvgIpc) is 3.11. The third kappa shape index (κ3) is 3.94. The molecule has 0 unspecified atom stereocenters. The van der Waals surface area contributed by atoms with Gasteiger partial charge in [-0.05, 0) is 48.9 Å². The number of carbonyl (C=O) groups is 1. The molecule has 1 amide bonds. The van der Waals surface area contributed by atoms with Crippen LogP contribution in [0.15, 0.2) is 72.8 Å². The van der Waals surface area contributed by atoms with Crippen molar-refractivity contribution < 1.29 is 9.18 Å². The molecule has 3 aromatic carbocycles. The largest absolute Gasteiger partial charge is 0.331 e. The van der Waals surface area contributed by atoms with Crippen LogP contribution in [0.2, 0.25) is 5.02 Å². The summed E-state index contributed by atoms with van der Waals surface area (Å²) in [5.41, 5.74) is 2.63. The summed E-state index contributed by atoms with van der Waals surface area (Å²) in [6.45, 7) is 2.73. The minimum absolute atomic E-state index is 0.0661. The number of hydrogen-bond donors (Lipinski definition) is 0. The first-order valence-corrected chi connectivity index (χ1v) is 10.2. The molecule has 6 heteroatoms. The lowest BCUT2D eigenvalue weighted by Gasteiger charge is -2.23. The van der Waals surface area contributed by atoms with Gasteiger partial charge in [0, 0.05) is 17.3 Å². The zero-order valence-corrected chi connectivity index (χ0v) is 17.3. The van der Waals surface area contributed by atoms with Crippen molar-refractivity contribution in [1.29, 1.82) is 0 Å². The number of amides is 1. The van der Waals surface area contributed by atoms with E-state index in [1.165, 1.54) is 12.1 Å². The highest BCUT2D eigenvalue weighted by Gasteiger charge is 2.22. The molecule has 4 aromatic rings. The lowest BCUT2D eigenvalue weighted by Crippen LogP contribution is -2.33. The van der Waals surface area contributed by atoms with Crippen LogP contribution in [0.3, 0.4) is 0 Å². The molecule has 0 spiro atoms. The van der Waals surface area contributed by atoms with Crippen LogP contribution in [0, 0.1) is 5.82 Å². The van der Waals surface area contributed by atoms with E-state index in [0.717, 1.165) is 23.1 Å². The van der Waals surface area contributed by atoms with Gasteiger partial charge in [0.05, 0.1) is 23.1 Å². The predicted octanol–water partition coefficient (Wildman–Crippen LogP) is 5.87. The number of para-hydroxylation sites is 1. The maximum absolute atomic E-state index is 14.3. The average molecular weight is 422 g/mol. The molecule has 0 radical (unpaired) electrons. The molecule has 0 aliphatic carbocycles. The van der Waals surface area contributed by atoms with Gasteiger partial charge < -0.3 is 4.90 Å². The number of carbonyl (C=O) groups excluding carboxylic acids is 1. The normalized spacial score (nSPS) is 11.0.